The molecule has 0 spiro atoms. The van der Waals surface area contributed by atoms with Crippen molar-refractivity contribution in [2.24, 2.45) is 0 Å². The van der Waals surface area contributed by atoms with E-state index in [1.165, 1.54) is 0 Å². The normalized spacial score (nSPS) is 10.7. The molecule has 0 unspecified atom stereocenters. The van der Waals surface area contributed by atoms with Gasteiger partial charge in [-0.1, -0.05) is 25.5 Å². The van der Waals surface area contributed by atoms with Gasteiger partial charge >= 0.3 is 0 Å². The summed E-state index contributed by atoms with van der Waals surface area (Å²) in [6.07, 6.45) is 6.90. The zero-order valence-electron chi connectivity index (χ0n) is 11.9. The number of carbonyl (C=O) groups is 1. The Bertz CT molecular complexity index is 436. The Hall–Kier alpha value is -1.77. The van der Waals surface area contributed by atoms with Crippen LogP contribution in [0.15, 0.2) is 30.4 Å². The van der Waals surface area contributed by atoms with Gasteiger partial charge in [-0.15, -0.1) is 0 Å². The average molecular weight is 262 g/mol. The van der Waals surface area contributed by atoms with Crippen LogP contribution in [0.4, 0.5) is 0 Å². The number of benzene rings is 1. The molecule has 0 amide bonds. The van der Waals surface area contributed by atoms with Gasteiger partial charge in [0.15, 0.2) is 17.3 Å². The fraction of sp³-hybridized carbons (Fsp3) is 0.438. The van der Waals surface area contributed by atoms with E-state index in [0.717, 1.165) is 24.8 Å². The minimum Gasteiger partial charge on any atom is -0.493 e. The lowest BCUT2D eigenvalue weighted by Crippen LogP contribution is -1.97. The van der Waals surface area contributed by atoms with Gasteiger partial charge in [-0.3, -0.25) is 4.79 Å². The van der Waals surface area contributed by atoms with Gasteiger partial charge in [-0.2, -0.15) is 0 Å². The molecule has 0 saturated carbocycles. The molecular weight excluding hydrogens is 240 g/mol. The average Bonchev–Trinajstić information content (AvgIpc) is 2.45. The van der Waals surface area contributed by atoms with Crippen LogP contribution in [0, 0.1) is 0 Å². The van der Waals surface area contributed by atoms with Gasteiger partial charge < -0.3 is 9.47 Å². The lowest BCUT2D eigenvalue weighted by Gasteiger charge is -2.09. The number of methoxy groups -OCH3 is 2. The second-order valence-electron chi connectivity index (χ2n) is 4.35. The molecule has 1 aromatic rings. The first kappa shape index (κ1) is 15.3. The third-order valence-corrected chi connectivity index (χ3v) is 2.87. The van der Waals surface area contributed by atoms with Crippen molar-refractivity contribution in [1.82, 2.24) is 0 Å². The van der Waals surface area contributed by atoms with Gasteiger partial charge in [0.2, 0.25) is 0 Å². The van der Waals surface area contributed by atoms with Crippen LogP contribution < -0.4 is 9.47 Å². The Kier molecular flexibility index (Phi) is 6.72. The predicted octanol–water partition coefficient (Wildman–Crippen LogP) is 3.56. The van der Waals surface area contributed by atoms with E-state index in [1.54, 1.807) is 20.3 Å². The zero-order chi connectivity index (χ0) is 14.1. The largest absolute Gasteiger partial charge is 0.493 e. The van der Waals surface area contributed by atoms with Crippen LogP contribution in [0.2, 0.25) is 0 Å². The van der Waals surface area contributed by atoms with Gasteiger partial charge in [0.05, 0.1) is 14.2 Å². The predicted molar refractivity (Wildman–Crippen MR) is 76.9 cm³/mol. The Balaban J connectivity index is 2.56. The number of ether oxygens (including phenoxy) is 2. The highest BCUT2D eigenvalue weighted by Crippen LogP contribution is 2.27. The van der Waals surface area contributed by atoms with Gasteiger partial charge in [0.1, 0.15) is 0 Å². The third-order valence-electron chi connectivity index (χ3n) is 2.87. The number of hydrogen-bond donors (Lipinski definition) is 0. The topological polar surface area (TPSA) is 35.5 Å². The van der Waals surface area contributed by atoms with Crippen LogP contribution in [-0.2, 0) is 11.2 Å². The lowest BCUT2D eigenvalue weighted by molar-refractivity contribution is -0.114. The summed E-state index contributed by atoms with van der Waals surface area (Å²) < 4.78 is 10.4. The molecule has 0 aliphatic rings. The summed E-state index contributed by atoms with van der Waals surface area (Å²) in [6.45, 7) is 2.10. The van der Waals surface area contributed by atoms with Crippen molar-refractivity contribution in [1.29, 1.82) is 0 Å². The summed E-state index contributed by atoms with van der Waals surface area (Å²) in [7, 11) is 3.22. The zero-order valence-corrected chi connectivity index (χ0v) is 11.9. The molecule has 0 radical (unpaired) electrons. The maximum absolute atomic E-state index is 11.6. The minimum absolute atomic E-state index is 0.170. The molecule has 104 valence electrons. The second-order valence-corrected chi connectivity index (χ2v) is 4.35. The van der Waals surface area contributed by atoms with E-state index in [0.29, 0.717) is 17.9 Å². The van der Waals surface area contributed by atoms with Gasteiger partial charge in [-0.25, -0.2) is 0 Å². The number of hydrogen-bond acceptors (Lipinski definition) is 3. The quantitative estimate of drug-likeness (QED) is 0.672. The molecule has 0 aromatic heterocycles. The van der Waals surface area contributed by atoms with Crippen molar-refractivity contribution in [3.63, 3.8) is 0 Å². The van der Waals surface area contributed by atoms with Gasteiger partial charge in [0, 0.05) is 6.42 Å². The highest BCUT2D eigenvalue weighted by atomic mass is 16.5. The summed E-state index contributed by atoms with van der Waals surface area (Å²) in [5.41, 5.74) is 1.08. The highest BCUT2D eigenvalue weighted by molar-refractivity contribution is 5.89. The number of rotatable bonds is 8. The van der Waals surface area contributed by atoms with Crippen LogP contribution in [0.5, 0.6) is 11.5 Å². The minimum atomic E-state index is 0.170. The molecule has 0 bridgehead atoms. The molecule has 0 heterocycles. The van der Waals surface area contributed by atoms with Crippen LogP contribution in [-0.4, -0.2) is 20.0 Å². The van der Waals surface area contributed by atoms with Crippen molar-refractivity contribution >= 4 is 5.78 Å². The number of unbranched alkanes of at least 4 members (excludes halogenated alkanes) is 1. The van der Waals surface area contributed by atoms with E-state index < -0.39 is 0 Å². The first-order chi connectivity index (χ1) is 9.21. The van der Waals surface area contributed by atoms with E-state index in [1.807, 2.05) is 24.3 Å². The first-order valence-electron chi connectivity index (χ1n) is 6.61. The number of allylic oxidation sites excluding steroid dienone is 2. The Labute approximate surface area is 115 Å². The maximum atomic E-state index is 11.6. The monoisotopic (exact) mass is 262 g/mol. The fourth-order valence-electron chi connectivity index (χ4n) is 1.77. The Morgan fingerprint density at radius 2 is 1.95 bits per heavy atom. The second kappa shape index (κ2) is 8.35. The fourth-order valence-corrected chi connectivity index (χ4v) is 1.77. The van der Waals surface area contributed by atoms with Crippen LogP contribution in [0.1, 0.15) is 31.7 Å². The number of ketones is 1. The number of carbonyl (C=O) groups excluding carboxylic acids is 1. The van der Waals surface area contributed by atoms with E-state index in [-0.39, 0.29) is 5.78 Å². The van der Waals surface area contributed by atoms with E-state index in [4.69, 9.17) is 9.47 Å². The van der Waals surface area contributed by atoms with Crippen molar-refractivity contribution in [2.75, 3.05) is 14.2 Å². The standard InChI is InChI=1S/C16H22O3/c1-4-5-6-7-14(17)10-8-13-9-11-15(18-2)16(12-13)19-3/h6-7,9,11-12H,4-5,8,10H2,1-3H3. The molecule has 19 heavy (non-hydrogen) atoms. The Morgan fingerprint density at radius 3 is 2.58 bits per heavy atom. The van der Waals surface area contributed by atoms with E-state index >= 15 is 0 Å². The molecule has 0 aliphatic carbocycles. The highest BCUT2D eigenvalue weighted by Gasteiger charge is 2.05. The molecule has 0 saturated heterocycles. The van der Waals surface area contributed by atoms with Crippen molar-refractivity contribution in [3.8, 4) is 11.5 Å². The van der Waals surface area contributed by atoms with Crippen LogP contribution in [0.3, 0.4) is 0 Å². The lowest BCUT2D eigenvalue weighted by atomic mass is 10.1. The third kappa shape index (κ3) is 5.16. The molecule has 0 N–H and O–H groups in total. The SMILES string of the molecule is CCCC=CC(=O)CCc1ccc(OC)c(OC)c1. The summed E-state index contributed by atoms with van der Waals surface area (Å²) in [6, 6.07) is 5.75. The number of aryl methyl sites for hydroxylation is 1. The molecule has 0 atom stereocenters. The summed E-state index contributed by atoms with van der Waals surface area (Å²) in [5, 5.41) is 0. The molecule has 3 heteroatoms. The molecule has 0 fully saturated rings. The molecule has 0 aliphatic heterocycles. The summed E-state index contributed by atoms with van der Waals surface area (Å²) in [5.74, 6) is 1.58. The van der Waals surface area contributed by atoms with Gasteiger partial charge in [-0.05, 0) is 36.6 Å². The Morgan fingerprint density at radius 1 is 1.21 bits per heavy atom. The van der Waals surface area contributed by atoms with E-state index in [9.17, 15) is 4.79 Å². The maximum Gasteiger partial charge on any atom is 0.160 e. The summed E-state index contributed by atoms with van der Waals surface area (Å²) >= 11 is 0. The van der Waals surface area contributed by atoms with E-state index in [2.05, 4.69) is 6.92 Å². The van der Waals surface area contributed by atoms with Crippen molar-refractivity contribution in [3.05, 3.63) is 35.9 Å². The molecule has 1 rings (SSSR count). The molecular formula is C16H22O3. The van der Waals surface area contributed by atoms with Crippen molar-refractivity contribution in [2.45, 2.75) is 32.6 Å². The molecule has 1 aromatic carbocycles. The summed E-state index contributed by atoms with van der Waals surface area (Å²) in [4.78, 5) is 11.6. The smallest absolute Gasteiger partial charge is 0.160 e. The molecule has 3 nitrogen and oxygen atoms in total. The van der Waals surface area contributed by atoms with Gasteiger partial charge in [0.25, 0.3) is 0 Å². The van der Waals surface area contributed by atoms with Crippen molar-refractivity contribution < 1.29 is 14.3 Å². The van der Waals surface area contributed by atoms with Crippen LogP contribution in [0.25, 0.3) is 0 Å². The first-order valence-corrected chi connectivity index (χ1v) is 6.61. The van der Waals surface area contributed by atoms with Crippen LogP contribution >= 0.6 is 0 Å².